The SMILES string of the molecule is C=CCCc1ccccc1OCc1ccccc1. The largest absolute Gasteiger partial charge is 0.489 e. The maximum Gasteiger partial charge on any atom is 0.123 e. The van der Waals surface area contributed by atoms with Gasteiger partial charge in [0.1, 0.15) is 12.4 Å². The standard InChI is InChI=1S/C17H18O/c1-2-3-11-16-12-7-8-13-17(16)18-14-15-9-5-4-6-10-15/h2,4-10,12-13H,1,3,11,14H2. The van der Waals surface area contributed by atoms with Gasteiger partial charge in [-0.1, -0.05) is 54.6 Å². The highest BCUT2D eigenvalue weighted by molar-refractivity contribution is 5.34. The van der Waals surface area contributed by atoms with Crippen molar-refractivity contribution in [3.8, 4) is 5.75 Å². The van der Waals surface area contributed by atoms with Crippen LogP contribution in [0.5, 0.6) is 5.75 Å². The Morgan fingerprint density at radius 1 is 0.944 bits per heavy atom. The fourth-order valence-corrected chi connectivity index (χ4v) is 1.84. The van der Waals surface area contributed by atoms with E-state index in [-0.39, 0.29) is 0 Å². The van der Waals surface area contributed by atoms with Crippen LogP contribution in [0.25, 0.3) is 0 Å². The molecular formula is C17H18O. The number of rotatable bonds is 6. The van der Waals surface area contributed by atoms with Crippen LogP contribution < -0.4 is 4.74 Å². The molecule has 0 aliphatic heterocycles. The van der Waals surface area contributed by atoms with Gasteiger partial charge in [-0.25, -0.2) is 0 Å². The molecule has 0 atom stereocenters. The third kappa shape index (κ3) is 3.49. The van der Waals surface area contributed by atoms with Crippen molar-refractivity contribution >= 4 is 0 Å². The molecule has 0 amide bonds. The number of aryl methyl sites for hydroxylation is 1. The second kappa shape index (κ2) is 6.65. The Labute approximate surface area is 109 Å². The first-order valence-corrected chi connectivity index (χ1v) is 6.25. The topological polar surface area (TPSA) is 9.23 Å². The fourth-order valence-electron chi connectivity index (χ4n) is 1.84. The first-order valence-electron chi connectivity index (χ1n) is 6.25. The van der Waals surface area contributed by atoms with E-state index in [1.807, 2.05) is 42.5 Å². The Morgan fingerprint density at radius 2 is 1.67 bits per heavy atom. The lowest BCUT2D eigenvalue weighted by Gasteiger charge is -2.10. The molecule has 0 saturated carbocycles. The summed E-state index contributed by atoms with van der Waals surface area (Å²) in [6.07, 6.45) is 3.90. The van der Waals surface area contributed by atoms with Gasteiger partial charge in [-0.3, -0.25) is 0 Å². The van der Waals surface area contributed by atoms with Gasteiger partial charge in [0.15, 0.2) is 0 Å². The Balaban J connectivity index is 2.02. The predicted octanol–water partition coefficient (Wildman–Crippen LogP) is 4.38. The molecule has 2 rings (SSSR count). The van der Waals surface area contributed by atoms with E-state index in [0.717, 1.165) is 18.6 Å². The number of hydrogen-bond donors (Lipinski definition) is 0. The van der Waals surface area contributed by atoms with E-state index in [4.69, 9.17) is 4.74 Å². The van der Waals surface area contributed by atoms with Gasteiger partial charge in [0, 0.05) is 0 Å². The monoisotopic (exact) mass is 238 g/mol. The lowest BCUT2D eigenvalue weighted by molar-refractivity contribution is 0.303. The summed E-state index contributed by atoms with van der Waals surface area (Å²) < 4.78 is 5.89. The summed E-state index contributed by atoms with van der Waals surface area (Å²) in [5.74, 6) is 0.975. The summed E-state index contributed by atoms with van der Waals surface area (Å²) in [6.45, 7) is 4.38. The first-order chi connectivity index (χ1) is 8.90. The number of ether oxygens (including phenoxy) is 1. The fraction of sp³-hybridized carbons (Fsp3) is 0.176. The zero-order valence-corrected chi connectivity index (χ0v) is 10.5. The minimum atomic E-state index is 0.617. The molecule has 0 aliphatic rings. The molecule has 0 heterocycles. The summed E-state index contributed by atoms with van der Waals surface area (Å²) in [5, 5.41) is 0. The van der Waals surface area contributed by atoms with E-state index in [1.54, 1.807) is 0 Å². The second-order valence-corrected chi connectivity index (χ2v) is 4.21. The van der Waals surface area contributed by atoms with Gasteiger partial charge in [0.25, 0.3) is 0 Å². The van der Waals surface area contributed by atoms with Crippen molar-refractivity contribution < 1.29 is 4.74 Å². The quantitative estimate of drug-likeness (QED) is 0.678. The Hall–Kier alpha value is -2.02. The molecule has 0 saturated heterocycles. The van der Waals surface area contributed by atoms with Crippen LogP contribution in [0, 0.1) is 0 Å². The average Bonchev–Trinajstić information content (AvgIpc) is 2.45. The summed E-state index contributed by atoms with van der Waals surface area (Å²) in [7, 11) is 0. The van der Waals surface area contributed by atoms with E-state index < -0.39 is 0 Å². The molecule has 1 nitrogen and oxygen atoms in total. The summed E-state index contributed by atoms with van der Waals surface area (Å²) >= 11 is 0. The van der Waals surface area contributed by atoms with Gasteiger partial charge in [0.2, 0.25) is 0 Å². The van der Waals surface area contributed by atoms with E-state index >= 15 is 0 Å². The molecule has 2 aromatic carbocycles. The van der Waals surface area contributed by atoms with Crippen LogP contribution in [0.2, 0.25) is 0 Å². The molecule has 0 N–H and O–H groups in total. The lowest BCUT2D eigenvalue weighted by Crippen LogP contribution is -1.98. The third-order valence-corrected chi connectivity index (χ3v) is 2.83. The van der Waals surface area contributed by atoms with Crippen molar-refractivity contribution in [3.05, 3.63) is 78.4 Å². The lowest BCUT2D eigenvalue weighted by atomic mass is 10.1. The Bertz CT molecular complexity index is 488. The molecule has 0 unspecified atom stereocenters. The molecule has 18 heavy (non-hydrogen) atoms. The van der Waals surface area contributed by atoms with Crippen molar-refractivity contribution in [1.82, 2.24) is 0 Å². The molecule has 2 aromatic rings. The van der Waals surface area contributed by atoms with Crippen LogP contribution in [0.3, 0.4) is 0 Å². The molecule has 1 heteroatoms. The second-order valence-electron chi connectivity index (χ2n) is 4.21. The molecule has 0 bridgehead atoms. The number of para-hydroxylation sites is 1. The third-order valence-electron chi connectivity index (χ3n) is 2.83. The van der Waals surface area contributed by atoms with Crippen LogP contribution in [0.1, 0.15) is 17.5 Å². The zero-order valence-electron chi connectivity index (χ0n) is 10.5. The van der Waals surface area contributed by atoms with Crippen LogP contribution in [-0.4, -0.2) is 0 Å². The molecule has 0 aliphatic carbocycles. The normalized spacial score (nSPS) is 10.0. The van der Waals surface area contributed by atoms with Crippen molar-refractivity contribution in [1.29, 1.82) is 0 Å². The molecule has 0 spiro atoms. The van der Waals surface area contributed by atoms with Crippen molar-refractivity contribution in [3.63, 3.8) is 0 Å². The highest BCUT2D eigenvalue weighted by Crippen LogP contribution is 2.20. The van der Waals surface area contributed by atoms with Crippen LogP contribution in [0.15, 0.2) is 67.3 Å². The summed E-state index contributed by atoms with van der Waals surface area (Å²) in [6, 6.07) is 18.4. The molecular weight excluding hydrogens is 220 g/mol. The predicted molar refractivity (Wildman–Crippen MR) is 75.7 cm³/mol. The minimum absolute atomic E-state index is 0.617. The van der Waals surface area contributed by atoms with E-state index in [2.05, 4.69) is 24.8 Å². The van der Waals surface area contributed by atoms with Crippen LogP contribution >= 0.6 is 0 Å². The number of benzene rings is 2. The van der Waals surface area contributed by atoms with Crippen LogP contribution in [0.4, 0.5) is 0 Å². The van der Waals surface area contributed by atoms with Gasteiger partial charge in [-0.05, 0) is 30.0 Å². The van der Waals surface area contributed by atoms with Crippen molar-refractivity contribution in [2.45, 2.75) is 19.4 Å². The number of allylic oxidation sites excluding steroid dienone is 1. The molecule has 0 radical (unpaired) electrons. The van der Waals surface area contributed by atoms with E-state index in [9.17, 15) is 0 Å². The zero-order chi connectivity index (χ0) is 12.6. The van der Waals surface area contributed by atoms with Crippen molar-refractivity contribution in [2.24, 2.45) is 0 Å². The summed E-state index contributed by atoms with van der Waals surface area (Å²) in [5.41, 5.74) is 2.43. The van der Waals surface area contributed by atoms with Gasteiger partial charge in [0.05, 0.1) is 0 Å². The van der Waals surface area contributed by atoms with Gasteiger partial charge < -0.3 is 4.74 Å². The minimum Gasteiger partial charge on any atom is -0.489 e. The molecule has 0 fully saturated rings. The smallest absolute Gasteiger partial charge is 0.123 e. The molecule has 0 aromatic heterocycles. The highest BCUT2D eigenvalue weighted by Gasteiger charge is 2.02. The number of hydrogen-bond acceptors (Lipinski definition) is 1. The van der Waals surface area contributed by atoms with Gasteiger partial charge in [-0.2, -0.15) is 0 Å². The Morgan fingerprint density at radius 3 is 2.44 bits per heavy atom. The van der Waals surface area contributed by atoms with E-state index in [1.165, 1.54) is 11.1 Å². The van der Waals surface area contributed by atoms with Gasteiger partial charge >= 0.3 is 0 Å². The Kier molecular flexibility index (Phi) is 4.60. The highest BCUT2D eigenvalue weighted by atomic mass is 16.5. The average molecular weight is 238 g/mol. The van der Waals surface area contributed by atoms with Crippen molar-refractivity contribution in [2.75, 3.05) is 0 Å². The maximum atomic E-state index is 5.89. The van der Waals surface area contributed by atoms with E-state index in [0.29, 0.717) is 6.61 Å². The summed E-state index contributed by atoms with van der Waals surface area (Å²) in [4.78, 5) is 0. The first kappa shape index (κ1) is 12.4. The molecule has 92 valence electrons. The van der Waals surface area contributed by atoms with Gasteiger partial charge in [-0.15, -0.1) is 6.58 Å². The maximum absolute atomic E-state index is 5.89. The van der Waals surface area contributed by atoms with Crippen LogP contribution in [-0.2, 0) is 13.0 Å².